The van der Waals surface area contributed by atoms with Gasteiger partial charge in [-0.25, -0.2) is 9.67 Å². The third-order valence-corrected chi connectivity index (χ3v) is 5.50. The third kappa shape index (κ3) is 4.75. The Hall–Kier alpha value is -3.03. The van der Waals surface area contributed by atoms with E-state index >= 15 is 0 Å². The summed E-state index contributed by atoms with van der Waals surface area (Å²) in [6, 6.07) is 7.11. The molecule has 30 heavy (non-hydrogen) atoms. The van der Waals surface area contributed by atoms with Gasteiger partial charge < -0.3 is 15.0 Å². The molecule has 1 N–H and O–H groups in total. The lowest BCUT2D eigenvalue weighted by Crippen LogP contribution is -2.57. The number of benzene rings is 1. The number of nitrogens with zero attached hydrogens (tertiary/aromatic N) is 4. The van der Waals surface area contributed by atoms with E-state index in [0.29, 0.717) is 25.8 Å². The van der Waals surface area contributed by atoms with Gasteiger partial charge in [0.25, 0.3) is 0 Å². The molecule has 2 amide bonds. The Labute approximate surface area is 176 Å². The molecule has 1 aromatic carbocycles. The lowest BCUT2D eigenvalue weighted by molar-refractivity contribution is -0.143. The van der Waals surface area contributed by atoms with Gasteiger partial charge in [-0.3, -0.25) is 9.59 Å². The van der Waals surface area contributed by atoms with Crippen LogP contribution in [0.2, 0.25) is 0 Å². The van der Waals surface area contributed by atoms with Crippen molar-refractivity contribution in [2.45, 2.75) is 58.0 Å². The Balaban J connectivity index is 1.86. The zero-order valence-electron chi connectivity index (χ0n) is 17.7. The molecule has 1 aliphatic rings. The fraction of sp³-hybridized carbons (Fsp3) is 0.500. The maximum atomic E-state index is 13.4. The first-order chi connectivity index (χ1) is 14.3. The van der Waals surface area contributed by atoms with E-state index in [1.54, 1.807) is 15.9 Å². The van der Waals surface area contributed by atoms with Crippen molar-refractivity contribution in [2.24, 2.45) is 5.92 Å². The second-order valence-electron chi connectivity index (χ2n) is 8.38. The Morgan fingerprint density at radius 1 is 1.33 bits per heavy atom. The third-order valence-electron chi connectivity index (χ3n) is 5.50. The number of aldehydes is 1. The van der Waals surface area contributed by atoms with E-state index in [1.165, 1.54) is 13.3 Å². The van der Waals surface area contributed by atoms with E-state index in [9.17, 15) is 14.4 Å². The van der Waals surface area contributed by atoms with Crippen LogP contribution in [0.25, 0.3) is 5.69 Å². The van der Waals surface area contributed by atoms with Crippen molar-refractivity contribution in [3.05, 3.63) is 42.5 Å². The lowest BCUT2D eigenvalue weighted by atomic mass is 9.88. The predicted octanol–water partition coefficient (Wildman–Crippen LogP) is 1.92. The van der Waals surface area contributed by atoms with Gasteiger partial charge in [0, 0.05) is 19.9 Å². The van der Waals surface area contributed by atoms with Crippen LogP contribution in [-0.4, -0.2) is 55.9 Å². The molecule has 0 radical (unpaired) electrons. The molecule has 2 heterocycles. The summed E-state index contributed by atoms with van der Waals surface area (Å²) in [4.78, 5) is 43.0. The van der Waals surface area contributed by atoms with Gasteiger partial charge in [0.2, 0.25) is 11.8 Å². The van der Waals surface area contributed by atoms with Gasteiger partial charge in [-0.1, -0.05) is 26.0 Å². The fourth-order valence-corrected chi connectivity index (χ4v) is 4.21. The molecule has 3 rings (SSSR count). The minimum Gasteiger partial charge on any atom is -0.345 e. The van der Waals surface area contributed by atoms with E-state index < -0.39 is 11.6 Å². The highest BCUT2D eigenvalue weighted by Crippen LogP contribution is 2.32. The molecule has 0 bridgehead atoms. The molecule has 8 nitrogen and oxygen atoms in total. The van der Waals surface area contributed by atoms with Crippen LogP contribution in [0, 0.1) is 5.92 Å². The summed E-state index contributed by atoms with van der Waals surface area (Å²) in [5.41, 5.74) is 0.874. The average Bonchev–Trinajstić information content (AvgIpc) is 3.37. The van der Waals surface area contributed by atoms with Crippen molar-refractivity contribution in [2.75, 3.05) is 6.54 Å². The van der Waals surface area contributed by atoms with Crippen molar-refractivity contribution >= 4 is 18.1 Å². The number of hydrogen-bond acceptors (Lipinski definition) is 5. The molecule has 0 aliphatic carbocycles. The quantitative estimate of drug-likeness (QED) is 0.670. The zero-order chi connectivity index (χ0) is 21.7. The number of amides is 2. The van der Waals surface area contributed by atoms with Gasteiger partial charge >= 0.3 is 0 Å². The molecule has 1 fully saturated rings. The maximum Gasteiger partial charge on any atom is 0.245 e. The molecule has 2 aromatic rings. The predicted molar refractivity (Wildman–Crippen MR) is 112 cm³/mol. The second kappa shape index (κ2) is 9.19. The van der Waals surface area contributed by atoms with E-state index in [2.05, 4.69) is 15.4 Å². The number of hydrogen-bond donors (Lipinski definition) is 1. The van der Waals surface area contributed by atoms with Crippen molar-refractivity contribution < 1.29 is 14.4 Å². The number of carbonyl (C=O) groups is 3. The van der Waals surface area contributed by atoms with Crippen LogP contribution in [0.5, 0.6) is 0 Å². The average molecular weight is 412 g/mol. The molecule has 160 valence electrons. The minimum absolute atomic E-state index is 0.184. The van der Waals surface area contributed by atoms with Crippen molar-refractivity contribution in [1.29, 1.82) is 0 Å². The SMILES string of the molecule is CC(=O)N[C@H](CC(C)C)C(=O)N1CCC[C@@]1(C=O)Cc1cccc(-n2cncn2)c1. The van der Waals surface area contributed by atoms with Crippen LogP contribution < -0.4 is 5.32 Å². The summed E-state index contributed by atoms with van der Waals surface area (Å²) in [6.45, 7) is 5.94. The van der Waals surface area contributed by atoms with Crippen LogP contribution in [0.15, 0.2) is 36.9 Å². The molecule has 0 saturated carbocycles. The second-order valence-corrected chi connectivity index (χ2v) is 8.38. The summed E-state index contributed by atoms with van der Waals surface area (Å²) >= 11 is 0. The molecule has 8 heteroatoms. The summed E-state index contributed by atoms with van der Waals surface area (Å²) in [6.07, 6.45) is 6.29. The van der Waals surface area contributed by atoms with Crippen molar-refractivity contribution in [1.82, 2.24) is 25.0 Å². The Morgan fingerprint density at radius 3 is 2.77 bits per heavy atom. The molecule has 1 saturated heterocycles. The monoisotopic (exact) mass is 411 g/mol. The van der Waals surface area contributed by atoms with Crippen LogP contribution in [0.1, 0.15) is 45.6 Å². The van der Waals surface area contributed by atoms with Crippen LogP contribution in [-0.2, 0) is 20.8 Å². The number of likely N-dealkylation sites (tertiary alicyclic amines) is 1. The summed E-state index contributed by atoms with van der Waals surface area (Å²) < 4.78 is 1.66. The van der Waals surface area contributed by atoms with Gasteiger partial charge in [0.1, 0.15) is 30.5 Å². The Morgan fingerprint density at radius 2 is 2.13 bits per heavy atom. The number of rotatable bonds is 8. The van der Waals surface area contributed by atoms with Crippen LogP contribution >= 0.6 is 0 Å². The van der Waals surface area contributed by atoms with Crippen LogP contribution in [0.3, 0.4) is 0 Å². The maximum absolute atomic E-state index is 13.4. The highest BCUT2D eigenvalue weighted by atomic mass is 16.2. The molecule has 0 unspecified atom stereocenters. The molecular formula is C22H29N5O3. The molecule has 2 atom stereocenters. The molecule has 1 aliphatic heterocycles. The minimum atomic E-state index is -0.911. The highest BCUT2D eigenvalue weighted by Gasteiger charge is 2.45. The lowest BCUT2D eigenvalue weighted by Gasteiger charge is -2.37. The number of nitrogens with one attached hydrogen (secondary N) is 1. The van der Waals surface area contributed by atoms with Gasteiger partial charge in [-0.05, 0) is 42.9 Å². The topological polar surface area (TPSA) is 97.2 Å². The zero-order valence-corrected chi connectivity index (χ0v) is 17.7. The summed E-state index contributed by atoms with van der Waals surface area (Å²) in [5.74, 6) is -0.195. The van der Waals surface area contributed by atoms with Crippen LogP contribution in [0.4, 0.5) is 0 Å². The summed E-state index contributed by atoms with van der Waals surface area (Å²) in [7, 11) is 0. The standard InChI is InChI=1S/C22H29N5O3/c1-16(2)10-20(25-17(3)29)21(30)26-9-5-8-22(26,13-28)12-18-6-4-7-19(11-18)27-15-23-14-24-27/h4,6-7,11,13-16,20H,5,8-10,12H2,1-3H3,(H,25,29)/t20-,22+/m1/s1. The smallest absolute Gasteiger partial charge is 0.245 e. The van der Waals surface area contributed by atoms with E-state index in [1.807, 2.05) is 38.1 Å². The van der Waals surface area contributed by atoms with E-state index in [0.717, 1.165) is 24.0 Å². The Kier molecular flexibility index (Phi) is 6.64. The number of carbonyl (C=O) groups excluding carboxylic acids is 3. The van der Waals surface area contributed by atoms with Crippen molar-refractivity contribution in [3.8, 4) is 5.69 Å². The summed E-state index contributed by atoms with van der Waals surface area (Å²) in [5, 5.41) is 6.93. The molecule has 0 spiro atoms. The van der Waals surface area contributed by atoms with Gasteiger partial charge in [0.05, 0.1) is 5.69 Å². The van der Waals surface area contributed by atoms with E-state index in [-0.39, 0.29) is 17.7 Å². The first-order valence-corrected chi connectivity index (χ1v) is 10.3. The highest BCUT2D eigenvalue weighted by molar-refractivity contribution is 5.90. The molecule has 1 aromatic heterocycles. The first kappa shape index (κ1) is 21.7. The van der Waals surface area contributed by atoms with E-state index in [4.69, 9.17) is 0 Å². The van der Waals surface area contributed by atoms with Gasteiger partial charge in [0.15, 0.2) is 0 Å². The van der Waals surface area contributed by atoms with Crippen molar-refractivity contribution in [3.63, 3.8) is 0 Å². The fourth-order valence-electron chi connectivity index (χ4n) is 4.21. The van der Waals surface area contributed by atoms with Gasteiger partial charge in [-0.15, -0.1) is 0 Å². The normalized spacial score (nSPS) is 19.7. The first-order valence-electron chi connectivity index (χ1n) is 10.3. The number of aromatic nitrogens is 3. The molecular weight excluding hydrogens is 382 g/mol. The Bertz CT molecular complexity index is 896. The largest absolute Gasteiger partial charge is 0.345 e. The van der Waals surface area contributed by atoms with Gasteiger partial charge in [-0.2, -0.15) is 5.10 Å².